The fourth-order valence-corrected chi connectivity index (χ4v) is 2.05. The van der Waals surface area contributed by atoms with Crippen LogP contribution in [-0.4, -0.2) is 6.29 Å². The van der Waals surface area contributed by atoms with E-state index in [2.05, 4.69) is 32.9 Å². The van der Waals surface area contributed by atoms with Gasteiger partial charge in [-0.15, -0.1) is 0 Å². The molecule has 0 aromatic heterocycles. The smallest absolute Gasteiger partial charge is 0.123 e. The van der Waals surface area contributed by atoms with Crippen LogP contribution in [0, 0.1) is 11.8 Å². The van der Waals surface area contributed by atoms with Gasteiger partial charge in [0.2, 0.25) is 0 Å². The molecule has 0 saturated heterocycles. The number of carbonyl (C=O) groups excluding carboxylic acids is 1. The number of hydrogen-bond donors (Lipinski definition) is 0. The minimum Gasteiger partial charge on any atom is -0.303 e. The van der Waals surface area contributed by atoms with E-state index in [1.807, 2.05) is 0 Å². The third-order valence-corrected chi connectivity index (χ3v) is 3.20. The monoisotopic (exact) mass is 206 g/mol. The predicted octanol–water partition coefficient (Wildman–Crippen LogP) is 3.90. The van der Waals surface area contributed by atoms with Crippen molar-refractivity contribution >= 4 is 6.29 Å². The van der Waals surface area contributed by atoms with Gasteiger partial charge in [0.1, 0.15) is 6.29 Å². The first kappa shape index (κ1) is 12.2. The molecule has 0 fully saturated rings. The maximum absolute atomic E-state index is 10.9. The van der Waals surface area contributed by atoms with Gasteiger partial charge in [-0.3, -0.25) is 0 Å². The summed E-state index contributed by atoms with van der Waals surface area (Å²) in [4.78, 5) is 10.9. The highest BCUT2D eigenvalue weighted by molar-refractivity contribution is 5.55. The van der Waals surface area contributed by atoms with Crippen LogP contribution in [0.25, 0.3) is 0 Å². The molecule has 0 radical (unpaired) electrons. The molecule has 2 unspecified atom stereocenters. The predicted molar refractivity (Wildman–Crippen MR) is 64.7 cm³/mol. The molecule has 0 heterocycles. The second-order valence-corrected chi connectivity index (χ2v) is 4.90. The van der Waals surface area contributed by atoms with E-state index in [4.69, 9.17) is 0 Å². The lowest BCUT2D eigenvalue weighted by molar-refractivity contribution is -0.112. The molecule has 1 heteroatoms. The van der Waals surface area contributed by atoms with Gasteiger partial charge in [-0.2, -0.15) is 0 Å². The van der Waals surface area contributed by atoms with E-state index in [-0.39, 0.29) is 5.92 Å². The topological polar surface area (TPSA) is 17.1 Å². The van der Waals surface area contributed by atoms with Crippen LogP contribution in [0.4, 0.5) is 0 Å². The molecule has 0 aromatic rings. The molecule has 15 heavy (non-hydrogen) atoms. The summed E-state index contributed by atoms with van der Waals surface area (Å²) in [5.74, 6) is 0.798. The van der Waals surface area contributed by atoms with Crippen molar-refractivity contribution in [2.75, 3.05) is 0 Å². The minimum absolute atomic E-state index is 0.261. The Labute approximate surface area is 93.3 Å². The van der Waals surface area contributed by atoms with E-state index in [1.54, 1.807) is 0 Å². The average molecular weight is 206 g/mol. The first-order chi connectivity index (χ1) is 7.13. The zero-order valence-electron chi connectivity index (χ0n) is 10.1. The SMILES string of the molecule is CC(C)=CCCC1=CCC(C)C(C=O)C1. The molecule has 1 aliphatic carbocycles. The molecule has 1 rings (SSSR count). The molecule has 0 bridgehead atoms. The van der Waals surface area contributed by atoms with Gasteiger partial charge >= 0.3 is 0 Å². The first-order valence-electron chi connectivity index (χ1n) is 5.90. The summed E-state index contributed by atoms with van der Waals surface area (Å²) in [5, 5.41) is 0. The van der Waals surface area contributed by atoms with Gasteiger partial charge in [-0.1, -0.05) is 30.2 Å². The molecule has 0 saturated carbocycles. The Kier molecular flexibility index (Phi) is 4.80. The molecule has 0 aromatic carbocycles. The lowest BCUT2D eigenvalue weighted by Crippen LogP contribution is -2.17. The highest BCUT2D eigenvalue weighted by Gasteiger charge is 2.21. The standard InChI is InChI=1S/C14H22O/c1-11(2)5-4-6-13-8-7-12(3)14(9-13)10-15/h5,8,10,12,14H,4,6-7,9H2,1-3H3. The largest absolute Gasteiger partial charge is 0.303 e. The van der Waals surface area contributed by atoms with Crippen LogP contribution in [0.1, 0.15) is 46.5 Å². The summed E-state index contributed by atoms with van der Waals surface area (Å²) in [6.45, 7) is 6.43. The normalized spacial score (nSPS) is 25.7. The maximum atomic E-state index is 10.9. The number of hydrogen-bond acceptors (Lipinski definition) is 1. The van der Waals surface area contributed by atoms with Crippen LogP contribution in [-0.2, 0) is 4.79 Å². The summed E-state index contributed by atoms with van der Waals surface area (Å²) in [7, 11) is 0. The van der Waals surface area contributed by atoms with Crippen LogP contribution < -0.4 is 0 Å². The Morgan fingerprint density at radius 1 is 1.53 bits per heavy atom. The van der Waals surface area contributed by atoms with Crippen molar-refractivity contribution in [3.63, 3.8) is 0 Å². The van der Waals surface area contributed by atoms with Crippen molar-refractivity contribution in [2.24, 2.45) is 11.8 Å². The molecule has 0 spiro atoms. The zero-order chi connectivity index (χ0) is 11.3. The number of aldehydes is 1. The molecule has 2 atom stereocenters. The Bertz CT molecular complexity index is 269. The highest BCUT2D eigenvalue weighted by atomic mass is 16.1. The lowest BCUT2D eigenvalue weighted by atomic mass is 9.80. The van der Waals surface area contributed by atoms with E-state index in [1.165, 1.54) is 11.1 Å². The molecule has 1 nitrogen and oxygen atoms in total. The third kappa shape index (κ3) is 4.03. The first-order valence-corrected chi connectivity index (χ1v) is 5.90. The Balaban J connectivity index is 2.43. The summed E-state index contributed by atoms with van der Waals surface area (Å²) in [5.41, 5.74) is 2.86. The summed E-state index contributed by atoms with van der Waals surface area (Å²) in [6.07, 6.45) is 10.1. The van der Waals surface area contributed by atoms with Gasteiger partial charge in [0, 0.05) is 5.92 Å². The summed E-state index contributed by atoms with van der Waals surface area (Å²) < 4.78 is 0. The van der Waals surface area contributed by atoms with Crippen molar-refractivity contribution < 1.29 is 4.79 Å². The van der Waals surface area contributed by atoms with E-state index in [0.717, 1.165) is 32.0 Å². The van der Waals surface area contributed by atoms with Gasteiger partial charge in [0.25, 0.3) is 0 Å². The zero-order valence-corrected chi connectivity index (χ0v) is 10.1. The van der Waals surface area contributed by atoms with Crippen molar-refractivity contribution in [2.45, 2.75) is 46.5 Å². The molecular formula is C14H22O. The van der Waals surface area contributed by atoms with Crippen molar-refractivity contribution in [3.8, 4) is 0 Å². The summed E-state index contributed by atoms with van der Waals surface area (Å²) >= 11 is 0. The Morgan fingerprint density at radius 2 is 2.27 bits per heavy atom. The van der Waals surface area contributed by atoms with E-state index >= 15 is 0 Å². The summed E-state index contributed by atoms with van der Waals surface area (Å²) in [6, 6.07) is 0. The fraction of sp³-hybridized carbons (Fsp3) is 0.643. The molecule has 0 amide bonds. The third-order valence-electron chi connectivity index (χ3n) is 3.20. The highest BCUT2D eigenvalue weighted by Crippen LogP contribution is 2.30. The Hall–Kier alpha value is -0.850. The molecule has 0 aliphatic heterocycles. The van der Waals surface area contributed by atoms with E-state index in [0.29, 0.717) is 5.92 Å². The molecule has 0 N–H and O–H groups in total. The Morgan fingerprint density at radius 3 is 2.87 bits per heavy atom. The minimum atomic E-state index is 0.261. The van der Waals surface area contributed by atoms with Crippen LogP contribution in [0.5, 0.6) is 0 Å². The van der Waals surface area contributed by atoms with Crippen molar-refractivity contribution in [3.05, 3.63) is 23.3 Å². The lowest BCUT2D eigenvalue weighted by Gasteiger charge is -2.24. The molecular weight excluding hydrogens is 184 g/mol. The van der Waals surface area contributed by atoms with Gasteiger partial charge < -0.3 is 4.79 Å². The quantitative estimate of drug-likeness (QED) is 0.503. The van der Waals surface area contributed by atoms with Gasteiger partial charge in [0.05, 0.1) is 0 Å². The van der Waals surface area contributed by atoms with Crippen LogP contribution in [0.15, 0.2) is 23.3 Å². The van der Waals surface area contributed by atoms with Crippen LogP contribution in [0.2, 0.25) is 0 Å². The van der Waals surface area contributed by atoms with Gasteiger partial charge in [-0.05, 0) is 45.4 Å². The van der Waals surface area contributed by atoms with Crippen molar-refractivity contribution in [1.82, 2.24) is 0 Å². The number of rotatable bonds is 4. The average Bonchev–Trinajstić information content (AvgIpc) is 2.20. The van der Waals surface area contributed by atoms with E-state index in [9.17, 15) is 4.79 Å². The van der Waals surface area contributed by atoms with Crippen molar-refractivity contribution in [1.29, 1.82) is 0 Å². The molecule has 1 aliphatic rings. The fourth-order valence-electron chi connectivity index (χ4n) is 2.05. The number of carbonyl (C=O) groups is 1. The van der Waals surface area contributed by atoms with E-state index < -0.39 is 0 Å². The second kappa shape index (κ2) is 5.89. The maximum Gasteiger partial charge on any atom is 0.123 e. The van der Waals surface area contributed by atoms with Crippen LogP contribution in [0.3, 0.4) is 0 Å². The van der Waals surface area contributed by atoms with Gasteiger partial charge in [0.15, 0.2) is 0 Å². The second-order valence-electron chi connectivity index (χ2n) is 4.90. The van der Waals surface area contributed by atoms with Crippen LogP contribution >= 0.6 is 0 Å². The number of allylic oxidation sites excluding steroid dienone is 4. The molecule has 84 valence electrons. The van der Waals surface area contributed by atoms with Gasteiger partial charge in [-0.25, -0.2) is 0 Å².